The molecule has 0 radical (unpaired) electrons. The van der Waals surface area contributed by atoms with Crippen molar-refractivity contribution in [3.05, 3.63) is 60.2 Å². The van der Waals surface area contributed by atoms with Crippen LogP contribution in [0.1, 0.15) is 75.6 Å². The predicted octanol–water partition coefficient (Wildman–Crippen LogP) is 4.76. The number of anilines is 2. The lowest BCUT2D eigenvalue weighted by atomic mass is 9.91. The third-order valence-corrected chi connectivity index (χ3v) is 8.03. The van der Waals surface area contributed by atoms with Crippen LogP contribution in [0.5, 0.6) is 0 Å². The normalized spacial score (nSPS) is 17.0. The standard InChI is InChI=1S/C34H47N7O3/c1-5-22-41(23-6-2)33(44)29(37-32(43)24-12-8-7-9-13-24)20-21-30(42)35-25-16-18-26(19-17-25)36-34-38-28-15-11-10-14-27(28)31(39-34)40(3)4/h7-15,25-26,29H,5-6,16-23H2,1-4H3,(H,35,42)(H,37,43)(H,36,38,39). The summed E-state index contributed by atoms with van der Waals surface area (Å²) in [6, 6.07) is 16.4. The highest BCUT2D eigenvalue weighted by molar-refractivity contribution is 5.97. The molecular weight excluding hydrogens is 554 g/mol. The number of benzene rings is 2. The molecule has 1 aromatic heterocycles. The van der Waals surface area contributed by atoms with Gasteiger partial charge in [0.2, 0.25) is 17.8 Å². The summed E-state index contributed by atoms with van der Waals surface area (Å²) in [6.45, 7) is 5.30. The van der Waals surface area contributed by atoms with E-state index in [0.29, 0.717) is 24.6 Å². The van der Waals surface area contributed by atoms with Gasteiger partial charge in [-0.2, -0.15) is 4.98 Å². The largest absolute Gasteiger partial charge is 0.362 e. The molecule has 1 unspecified atom stereocenters. The number of carbonyl (C=O) groups excluding carboxylic acids is 3. The maximum Gasteiger partial charge on any atom is 0.251 e. The number of para-hydroxylation sites is 1. The van der Waals surface area contributed by atoms with E-state index in [0.717, 1.165) is 55.2 Å². The number of nitrogens with one attached hydrogen (secondary N) is 3. The Labute approximate surface area is 261 Å². The zero-order valence-electron chi connectivity index (χ0n) is 26.5. The van der Waals surface area contributed by atoms with Crippen molar-refractivity contribution in [2.75, 3.05) is 37.4 Å². The van der Waals surface area contributed by atoms with E-state index in [2.05, 4.69) is 16.0 Å². The minimum atomic E-state index is -0.763. The van der Waals surface area contributed by atoms with Crippen molar-refractivity contribution < 1.29 is 14.4 Å². The van der Waals surface area contributed by atoms with E-state index in [9.17, 15) is 14.4 Å². The molecule has 1 saturated carbocycles. The van der Waals surface area contributed by atoms with Crippen LogP contribution in [0.3, 0.4) is 0 Å². The molecule has 0 aliphatic heterocycles. The maximum absolute atomic E-state index is 13.5. The number of hydrogen-bond acceptors (Lipinski definition) is 7. The van der Waals surface area contributed by atoms with E-state index >= 15 is 0 Å². The van der Waals surface area contributed by atoms with Crippen LogP contribution in [0.15, 0.2) is 54.6 Å². The summed E-state index contributed by atoms with van der Waals surface area (Å²) in [5.41, 5.74) is 1.39. The zero-order valence-corrected chi connectivity index (χ0v) is 26.5. The second-order valence-corrected chi connectivity index (χ2v) is 11.8. The summed E-state index contributed by atoms with van der Waals surface area (Å²) in [4.78, 5) is 52.7. The first-order valence-electron chi connectivity index (χ1n) is 15.9. The first kappa shape index (κ1) is 32.7. The lowest BCUT2D eigenvalue weighted by molar-refractivity contribution is -0.133. The predicted molar refractivity (Wildman–Crippen MR) is 176 cm³/mol. The van der Waals surface area contributed by atoms with Crippen LogP contribution < -0.4 is 20.9 Å². The Morgan fingerprint density at radius 2 is 1.50 bits per heavy atom. The SMILES string of the molecule is CCCN(CCC)C(=O)C(CCC(=O)NC1CCC(Nc2nc(N(C)C)c3ccccc3n2)CC1)NC(=O)c1ccccc1. The van der Waals surface area contributed by atoms with Gasteiger partial charge in [-0.05, 0) is 69.2 Å². The molecule has 1 aliphatic rings. The molecule has 10 nitrogen and oxygen atoms in total. The molecule has 1 atom stereocenters. The van der Waals surface area contributed by atoms with Crippen LogP contribution in [-0.2, 0) is 9.59 Å². The van der Waals surface area contributed by atoms with Crippen molar-refractivity contribution in [1.29, 1.82) is 0 Å². The average Bonchev–Trinajstić information content (AvgIpc) is 3.03. The fourth-order valence-electron chi connectivity index (χ4n) is 5.79. The van der Waals surface area contributed by atoms with Crippen LogP contribution in [-0.4, -0.2) is 77.9 Å². The van der Waals surface area contributed by atoms with E-state index < -0.39 is 6.04 Å². The zero-order chi connectivity index (χ0) is 31.5. The summed E-state index contributed by atoms with van der Waals surface area (Å²) >= 11 is 0. The summed E-state index contributed by atoms with van der Waals surface area (Å²) in [7, 11) is 3.96. The van der Waals surface area contributed by atoms with Gasteiger partial charge in [0.05, 0.1) is 5.52 Å². The van der Waals surface area contributed by atoms with Gasteiger partial charge in [-0.15, -0.1) is 0 Å². The van der Waals surface area contributed by atoms with Crippen molar-refractivity contribution in [3.8, 4) is 0 Å². The number of nitrogens with zero attached hydrogens (tertiary/aromatic N) is 4. The molecule has 3 N–H and O–H groups in total. The Balaban J connectivity index is 1.31. The lowest BCUT2D eigenvalue weighted by Crippen LogP contribution is -2.49. The van der Waals surface area contributed by atoms with Gasteiger partial charge < -0.3 is 25.8 Å². The smallest absolute Gasteiger partial charge is 0.251 e. The number of hydrogen-bond donors (Lipinski definition) is 3. The van der Waals surface area contributed by atoms with Crippen molar-refractivity contribution >= 4 is 40.4 Å². The molecule has 0 spiro atoms. The second kappa shape index (κ2) is 16.0. The van der Waals surface area contributed by atoms with Gasteiger partial charge in [-0.1, -0.05) is 44.2 Å². The summed E-state index contributed by atoms with van der Waals surface area (Å²) in [5, 5.41) is 10.6. The van der Waals surface area contributed by atoms with Crippen LogP contribution in [0, 0.1) is 0 Å². The van der Waals surface area contributed by atoms with Crippen LogP contribution in [0.2, 0.25) is 0 Å². The van der Waals surface area contributed by atoms with E-state index in [1.807, 2.05) is 63.2 Å². The van der Waals surface area contributed by atoms with Crippen molar-refractivity contribution in [3.63, 3.8) is 0 Å². The molecule has 3 amide bonds. The first-order valence-corrected chi connectivity index (χ1v) is 15.9. The highest BCUT2D eigenvalue weighted by Gasteiger charge is 2.28. The Bertz CT molecular complexity index is 1380. The first-order chi connectivity index (χ1) is 21.3. The third kappa shape index (κ3) is 8.90. The van der Waals surface area contributed by atoms with Gasteiger partial charge in [-0.25, -0.2) is 4.98 Å². The molecule has 1 aliphatic carbocycles. The molecule has 10 heteroatoms. The Kier molecular flexibility index (Phi) is 11.9. The fourth-order valence-corrected chi connectivity index (χ4v) is 5.79. The van der Waals surface area contributed by atoms with Crippen LogP contribution >= 0.6 is 0 Å². The van der Waals surface area contributed by atoms with Crippen molar-refractivity contribution in [2.45, 2.75) is 83.3 Å². The molecule has 0 saturated heterocycles. The Hall–Kier alpha value is -4.21. The van der Waals surface area contributed by atoms with Gasteiger partial charge in [0.25, 0.3) is 5.91 Å². The highest BCUT2D eigenvalue weighted by atomic mass is 16.2. The van der Waals surface area contributed by atoms with Gasteiger partial charge in [0, 0.05) is 56.6 Å². The van der Waals surface area contributed by atoms with E-state index in [4.69, 9.17) is 9.97 Å². The lowest BCUT2D eigenvalue weighted by Gasteiger charge is -2.30. The molecule has 3 aromatic rings. The summed E-state index contributed by atoms with van der Waals surface area (Å²) < 4.78 is 0. The molecule has 1 heterocycles. The van der Waals surface area contributed by atoms with Crippen molar-refractivity contribution in [2.24, 2.45) is 0 Å². The molecule has 0 bridgehead atoms. The third-order valence-electron chi connectivity index (χ3n) is 8.03. The fraction of sp³-hybridized carbons (Fsp3) is 0.500. The van der Waals surface area contributed by atoms with Gasteiger partial charge >= 0.3 is 0 Å². The molecule has 236 valence electrons. The van der Waals surface area contributed by atoms with E-state index in [1.54, 1.807) is 29.2 Å². The maximum atomic E-state index is 13.5. The second-order valence-electron chi connectivity index (χ2n) is 11.8. The number of rotatable bonds is 14. The van der Waals surface area contributed by atoms with Gasteiger partial charge in [0.15, 0.2) is 0 Å². The number of fused-ring (bicyclic) bond motifs is 1. The highest BCUT2D eigenvalue weighted by Crippen LogP contribution is 2.26. The van der Waals surface area contributed by atoms with E-state index in [-0.39, 0.29) is 42.6 Å². The van der Waals surface area contributed by atoms with Gasteiger partial charge in [0.1, 0.15) is 11.9 Å². The quantitative estimate of drug-likeness (QED) is 0.244. The van der Waals surface area contributed by atoms with Gasteiger partial charge in [-0.3, -0.25) is 14.4 Å². The number of aromatic nitrogens is 2. The van der Waals surface area contributed by atoms with Crippen LogP contribution in [0.25, 0.3) is 10.9 Å². The average molecular weight is 602 g/mol. The molecule has 44 heavy (non-hydrogen) atoms. The molecule has 1 fully saturated rings. The molecule has 2 aromatic carbocycles. The van der Waals surface area contributed by atoms with Crippen molar-refractivity contribution in [1.82, 2.24) is 25.5 Å². The summed E-state index contributed by atoms with van der Waals surface area (Å²) in [5.74, 6) is 0.956. The van der Waals surface area contributed by atoms with Crippen LogP contribution in [0.4, 0.5) is 11.8 Å². The minimum absolute atomic E-state index is 0.0696. The number of amides is 3. The monoisotopic (exact) mass is 601 g/mol. The molecule has 4 rings (SSSR count). The Morgan fingerprint density at radius 1 is 0.864 bits per heavy atom. The van der Waals surface area contributed by atoms with E-state index in [1.165, 1.54) is 0 Å². The molecular formula is C34H47N7O3. The Morgan fingerprint density at radius 3 is 2.16 bits per heavy atom. The minimum Gasteiger partial charge on any atom is -0.362 e. The summed E-state index contributed by atoms with van der Waals surface area (Å²) in [6.07, 6.45) is 5.51. The topological polar surface area (TPSA) is 120 Å². The number of carbonyl (C=O) groups is 3.